The summed E-state index contributed by atoms with van der Waals surface area (Å²) in [7, 11) is -8.32. The highest BCUT2D eigenvalue weighted by Gasteiger charge is 2.24. The minimum Gasteiger partial charge on any atom is -0.330 e. The van der Waals surface area contributed by atoms with Gasteiger partial charge in [0.05, 0.1) is 14.7 Å². The second-order valence-corrected chi connectivity index (χ2v) is 9.05. The largest absolute Gasteiger partial charge is 0.330 e. The summed E-state index contributed by atoms with van der Waals surface area (Å²) in [6, 6.07) is 7.68. The van der Waals surface area contributed by atoms with Crippen LogP contribution in [0.4, 0.5) is 4.39 Å². The van der Waals surface area contributed by atoms with E-state index in [0.29, 0.717) is 0 Å². The van der Waals surface area contributed by atoms with Crippen LogP contribution in [0.3, 0.4) is 0 Å². The molecule has 10 heteroatoms. The third-order valence-electron chi connectivity index (χ3n) is 3.50. The molecule has 0 radical (unpaired) electrons. The van der Waals surface area contributed by atoms with Crippen molar-refractivity contribution >= 4 is 25.8 Å². The van der Waals surface area contributed by atoms with Crippen LogP contribution in [-0.2, 0) is 24.7 Å². The average molecular weight is 400 g/mol. The number of hydrogen-bond acceptors (Lipinski definition) is 6. The number of amides is 1. The van der Waals surface area contributed by atoms with Crippen molar-refractivity contribution in [3.8, 4) is 0 Å². The van der Waals surface area contributed by atoms with Gasteiger partial charge in [-0.1, -0.05) is 6.07 Å². The van der Waals surface area contributed by atoms with Crippen LogP contribution in [0.5, 0.6) is 0 Å². The van der Waals surface area contributed by atoms with Crippen molar-refractivity contribution < 1.29 is 26.0 Å². The number of sulfone groups is 1. The fraction of sp³-hybridized carbons (Fsp3) is 0.188. The summed E-state index contributed by atoms with van der Waals surface area (Å²) in [4.78, 5) is 10.7. The van der Waals surface area contributed by atoms with Gasteiger partial charge in [-0.15, -0.1) is 0 Å². The second kappa shape index (κ2) is 7.52. The molecule has 0 aliphatic rings. The van der Waals surface area contributed by atoms with E-state index in [4.69, 9.17) is 5.73 Å². The number of hydrogen-bond donors (Lipinski definition) is 2. The summed E-state index contributed by atoms with van der Waals surface area (Å²) >= 11 is 0. The van der Waals surface area contributed by atoms with Crippen LogP contribution in [-0.4, -0.2) is 29.3 Å². The van der Waals surface area contributed by atoms with Gasteiger partial charge in [-0.05, 0) is 48.9 Å². The maximum Gasteiger partial charge on any atom is 0.264 e. The molecule has 3 N–H and O–H groups in total. The predicted molar refractivity (Wildman–Crippen MR) is 92.0 cm³/mol. The summed E-state index contributed by atoms with van der Waals surface area (Å²) < 4.78 is 64.9. The van der Waals surface area contributed by atoms with Crippen LogP contribution in [0.25, 0.3) is 0 Å². The van der Waals surface area contributed by atoms with Crippen molar-refractivity contribution in [3.63, 3.8) is 0 Å². The first-order valence-corrected chi connectivity index (χ1v) is 10.4. The summed E-state index contributed by atoms with van der Waals surface area (Å²) in [6.45, 7) is 1.44. The van der Waals surface area contributed by atoms with Gasteiger partial charge in [0.2, 0.25) is 15.7 Å². The number of benzene rings is 2. The highest BCUT2D eigenvalue weighted by Crippen LogP contribution is 2.25. The molecule has 7 nitrogen and oxygen atoms in total. The van der Waals surface area contributed by atoms with Crippen LogP contribution >= 0.6 is 0 Å². The topological polar surface area (TPSA) is 123 Å². The zero-order valence-electron chi connectivity index (χ0n) is 13.8. The van der Waals surface area contributed by atoms with Gasteiger partial charge in [-0.25, -0.2) is 25.9 Å². The Morgan fingerprint density at radius 3 is 2.19 bits per heavy atom. The molecule has 1 amide bonds. The molecule has 0 heterocycles. The summed E-state index contributed by atoms with van der Waals surface area (Å²) in [5, 5.41) is 0. The Labute approximate surface area is 151 Å². The van der Waals surface area contributed by atoms with E-state index in [9.17, 15) is 26.0 Å². The molecule has 0 fully saturated rings. The first kappa shape index (κ1) is 20.0. The molecule has 140 valence electrons. The highest BCUT2D eigenvalue weighted by atomic mass is 32.2. The standard InChI is InChI=1S/C16H17FN2O5S2/c1-11-2-5-14(25(21,22)13-6-3-12(17)4-7-13)10-15(11)26(23,24)19-16(20)8-9-18/h2-7,10H,8-9,18H2,1H3,(H,19,20). The van der Waals surface area contributed by atoms with Gasteiger partial charge in [0.1, 0.15) is 5.82 Å². The first-order chi connectivity index (χ1) is 12.1. The molecule has 26 heavy (non-hydrogen) atoms. The van der Waals surface area contributed by atoms with Gasteiger partial charge in [-0.3, -0.25) is 4.79 Å². The van der Waals surface area contributed by atoms with Crippen molar-refractivity contribution in [3.05, 3.63) is 53.8 Å². The number of nitrogens with two attached hydrogens (primary N) is 1. The third-order valence-corrected chi connectivity index (χ3v) is 6.79. The molecule has 0 aliphatic heterocycles. The van der Waals surface area contributed by atoms with Gasteiger partial charge >= 0.3 is 0 Å². The van der Waals surface area contributed by atoms with Crippen LogP contribution in [0, 0.1) is 12.7 Å². The minimum absolute atomic E-state index is 0.0285. The van der Waals surface area contributed by atoms with Gasteiger partial charge < -0.3 is 5.73 Å². The Kier molecular flexibility index (Phi) is 5.79. The molecule has 2 aromatic rings. The van der Waals surface area contributed by atoms with Crippen LogP contribution < -0.4 is 10.5 Å². The number of halogens is 1. The number of aryl methyl sites for hydroxylation is 1. The van der Waals surface area contributed by atoms with E-state index in [0.717, 1.165) is 30.3 Å². The van der Waals surface area contributed by atoms with Crippen molar-refractivity contribution in [2.75, 3.05) is 6.54 Å². The van der Waals surface area contributed by atoms with Gasteiger partial charge in [-0.2, -0.15) is 0 Å². The third kappa shape index (κ3) is 4.26. The molecule has 0 aromatic heterocycles. The zero-order valence-corrected chi connectivity index (χ0v) is 15.4. The van der Waals surface area contributed by atoms with E-state index in [1.54, 1.807) is 0 Å². The predicted octanol–water partition coefficient (Wildman–Crippen LogP) is 1.12. The molecule has 0 aliphatic carbocycles. The van der Waals surface area contributed by atoms with Crippen LogP contribution in [0.15, 0.2) is 57.2 Å². The van der Waals surface area contributed by atoms with Crippen molar-refractivity contribution in [1.29, 1.82) is 0 Å². The Balaban J connectivity index is 2.50. The number of carbonyl (C=O) groups is 1. The molecule has 0 saturated carbocycles. The first-order valence-electron chi connectivity index (χ1n) is 7.45. The van der Waals surface area contributed by atoms with E-state index in [1.165, 1.54) is 19.1 Å². The van der Waals surface area contributed by atoms with Gasteiger partial charge in [0, 0.05) is 13.0 Å². The zero-order chi connectivity index (χ0) is 19.5. The molecule has 0 atom stereocenters. The van der Waals surface area contributed by atoms with E-state index >= 15 is 0 Å². The normalized spacial score (nSPS) is 12.0. The van der Waals surface area contributed by atoms with Gasteiger partial charge in [0.15, 0.2) is 0 Å². The number of rotatable bonds is 6. The Hall–Kier alpha value is -2.30. The Morgan fingerprint density at radius 2 is 1.62 bits per heavy atom. The molecule has 2 rings (SSSR count). The average Bonchev–Trinajstić information content (AvgIpc) is 2.55. The summed E-state index contributed by atoms with van der Waals surface area (Å²) in [5.41, 5.74) is 5.47. The van der Waals surface area contributed by atoms with Crippen LogP contribution in [0.1, 0.15) is 12.0 Å². The Bertz CT molecular complexity index is 1030. The fourth-order valence-corrected chi connectivity index (χ4v) is 4.82. The van der Waals surface area contributed by atoms with E-state index in [-0.39, 0.29) is 33.2 Å². The monoisotopic (exact) mass is 400 g/mol. The lowest BCUT2D eigenvalue weighted by Gasteiger charge is -2.11. The number of carbonyl (C=O) groups excluding carboxylic acids is 1. The molecular weight excluding hydrogens is 383 g/mol. The second-order valence-electron chi connectivity index (χ2n) is 5.45. The van der Waals surface area contributed by atoms with Crippen molar-refractivity contribution in [1.82, 2.24) is 4.72 Å². The summed E-state index contributed by atoms with van der Waals surface area (Å²) in [6.07, 6.45) is -0.189. The van der Waals surface area contributed by atoms with E-state index < -0.39 is 31.6 Å². The molecular formula is C16H17FN2O5S2. The smallest absolute Gasteiger partial charge is 0.264 e. The van der Waals surface area contributed by atoms with Crippen molar-refractivity contribution in [2.24, 2.45) is 5.73 Å². The quantitative estimate of drug-likeness (QED) is 0.701. The van der Waals surface area contributed by atoms with E-state index in [2.05, 4.69) is 0 Å². The molecule has 0 bridgehead atoms. The van der Waals surface area contributed by atoms with Crippen molar-refractivity contribution in [2.45, 2.75) is 28.0 Å². The molecule has 0 saturated heterocycles. The van der Waals surface area contributed by atoms with E-state index in [1.807, 2.05) is 4.72 Å². The molecule has 0 unspecified atom stereocenters. The lowest BCUT2D eigenvalue weighted by Crippen LogP contribution is -2.32. The molecule has 2 aromatic carbocycles. The lowest BCUT2D eigenvalue weighted by molar-refractivity contribution is -0.119. The maximum atomic E-state index is 13.0. The Morgan fingerprint density at radius 1 is 1.04 bits per heavy atom. The summed E-state index contributed by atoms with van der Waals surface area (Å²) in [5.74, 6) is -1.39. The maximum absolute atomic E-state index is 13.0. The molecule has 0 spiro atoms. The SMILES string of the molecule is Cc1ccc(S(=O)(=O)c2ccc(F)cc2)cc1S(=O)(=O)NC(=O)CCN. The fourth-order valence-electron chi connectivity index (χ4n) is 2.17. The van der Waals surface area contributed by atoms with Gasteiger partial charge in [0.25, 0.3) is 10.0 Å². The highest BCUT2D eigenvalue weighted by molar-refractivity contribution is 7.92. The lowest BCUT2D eigenvalue weighted by atomic mass is 10.2. The van der Waals surface area contributed by atoms with Crippen LogP contribution in [0.2, 0.25) is 0 Å². The number of sulfonamides is 1. The number of nitrogens with one attached hydrogen (secondary N) is 1. The minimum atomic E-state index is -4.26.